The van der Waals surface area contributed by atoms with Crippen molar-refractivity contribution in [3.63, 3.8) is 0 Å². The molecule has 2 rings (SSSR count). The van der Waals surface area contributed by atoms with Crippen molar-refractivity contribution in [1.82, 2.24) is 5.43 Å². The Labute approximate surface area is 101 Å². The van der Waals surface area contributed by atoms with Crippen molar-refractivity contribution >= 4 is 5.84 Å². The van der Waals surface area contributed by atoms with Gasteiger partial charge in [-0.2, -0.15) is 0 Å². The van der Waals surface area contributed by atoms with E-state index in [4.69, 9.17) is 5.84 Å². The predicted octanol–water partition coefficient (Wildman–Crippen LogP) is 2.17. The number of benzene rings is 1. The van der Waals surface area contributed by atoms with Crippen LogP contribution in [0.25, 0.3) is 0 Å². The maximum absolute atomic E-state index is 13.5. The first-order chi connectivity index (χ1) is 8.29. The molecule has 92 valence electrons. The number of halogens is 1. The normalized spacial score (nSPS) is 17.4. The summed E-state index contributed by atoms with van der Waals surface area (Å²) in [6.07, 6.45) is 5.11. The molecule has 4 heteroatoms. The minimum Gasteiger partial charge on any atom is -0.312 e. The topological polar surface area (TPSA) is 50.4 Å². The van der Waals surface area contributed by atoms with E-state index in [2.05, 4.69) is 10.4 Å². The fourth-order valence-corrected chi connectivity index (χ4v) is 2.21. The van der Waals surface area contributed by atoms with Crippen LogP contribution in [0, 0.1) is 5.82 Å². The quantitative estimate of drug-likeness (QED) is 0.365. The molecule has 0 bridgehead atoms. The van der Waals surface area contributed by atoms with Gasteiger partial charge in [0.2, 0.25) is 0 Å². The van der Waals surface area contributed by atoms with E-state index >= 15 is 0 Å². The van der Waals surface area contributed by atoms with Gasteiger partial charge in [-0.15, -0.1) is 0 Å². The van der Waals surface area contributed by atoms with Crippen LogP contribution in [0.4, 0.5) is 4.39 Å². The smallest absolute Gasteiger partial charge is 0.126 e. The number of nitrogens with two attached hydrogens (primary N) is 1. The van der Waals surface area contributed by atoms with Crippen molar-refractivity contribution in [3.05, 3.63) is 35.6 Å². The van der Waals surface area contributed by atoms with E-state index in [1.165, 1.54) is 18.9 Å². The molecule has 0 unspecified atom stereocenters. The highest BCUT2D eigenvalue weighted by Gasteiger charge is 2.15. The number of nitrogens with one attached hydrogen (secondary N) is 1. The molecule has 0 amide bonds. The van der Waals surface area contributed by atoms with Crippen molar-refractivity contribution in [2.45, 2.75) is 38.1 Å². The molecule has 3 nitrogen and oxygen atoms in total. The van der Waals surface area contributed by atoms with Crippen LogP contribution >= 0.6 is 0 Å². The number of hydrogen-bond acceptors (Lipinski definition) is 2. The molecule has 1 saturated carbocycles. The van der Waals surface area contributed by atoms with Crippen molar-refractivity contribution in [3.8, 4) is 0 Å². The van der Waals surface area contributed by atoms with E-state index in [1.54, 1.807) is 12.1 Å². The van der Waals surface area contributed by atoms with E-state index in [9.17, 15) is 4.39 Å². The molecule has 0 atom stereocenters. The number of hydrogen-bond donors (Lipinski definition) is 2. The highest BCUT2D eigenvalue weighted by Crippen LogP contribution is 2.21. The maximum atomic E-state index is 13.5. The summed E-state index contributed by atoms with van der Waals surface area (Å²) in [6, 6.07) is 7.08. The van der Waals surface area contributed by atoms with Gasteiger partial charge < -0.3 is 5.43 Å². The summed E-state index contributed by atoms with van der Waals surface area (Å²) in [6.45, 7) is 0. The molecule has 0 aromatic heterocycles. The molecular weight excluding hydrogens is 217 g/mol. The van der Waals surface area contributed by atoms with Crippen molar-refractivity contribution in [2.75, 3.05) is 0 Å². The highest BCUT2D eigenvalue weighted by atomic mass is 19.1. The summed E-state index contributed by atoms with van der Waals surface area (Å²) in [5.74, 6) is 5.91. The summed E-state index contributed by atoms with van der Waals surface area (Å²) in [5.41, 5.74) is 3.22. The predicted molar refractivity (Wildman–Crippen MR) is 67.1 cm³/mol. The number of hydrazine groups is 1. The van der Waals surface area contributed by atoms with Crippen LogP contribution in [0.2, 0.25) is 0 Å². The lowest BCUT2D eigenvalue weighted by atomic mass is 10.1. The Balaban J connectivity index is 2.06. The second-order valence-corrected chi connectivity index (χ2v) is 4.43. The molecule has 0 radical (unpaired) electrons. The zero-order valence-corrected chi connectivity index (χ0v) is 9.82. The highest BCUT2D eigenvalue weighted by molar-refractivity contribution is 5.84. The molecular formula is C13H18FN3. The van der Waals surface area contributed by atoms with Gasteiger partial charge in [-0.05, 0) is 24.5 Å². The Morgan fingerprint density at radius 2 is 2.06 bits per heavy atom. The van der Waals surface area contributed by atoms with E-state index in [0.29, 0.717) is 23.9 Å². The van der Waals surface area contributed by atoms with Crippen LogP contribution in [0.15, 0.2) is 29.3 Å². The van der Waals surface area contributed by atoms with Crippen LogP contribution in [0.1, 0.15) is 31.2 Å². The summed E-state index contributed by atoms with van der Waals surface area (Å²) >= 11 is 0. The van der Waals surface area contributed by atoms with Gasteiger partial charge in [-0.3, -0.25) is 4.99 Å². The van der Waals surface area contributed by atoms with Crippen molar-refractivity contribution in [2.24, 2.45) is 10.8 Å². The maximum Gasteiger partial charge on any atom is 0.126 e. The first-order valence-electron chi connectivity index (χ1n) is 6.06. The molecule has 0 saturated heterocycles. The summed E-state index contributed by atoms with van der Waals surface area (Å²) in [7, 11) is 0. The number of rotatable bonds is 3. The summed E-state index contributed by atoms with van der Waals surface area (Å²) in [5, 5.41) is 0. The van der Waals surface area contributed by atoms with Gasteiger partial charge in [0.05, 0.1) is 6.04 Å². The van der Waals surface area contributed by atoms with Gasteiger partial charge >= 0.3 is 0 Å². The molecule has 1 aliphatic carbocycles. The van der Waals surface area contributed by atoms with Gasteiger partial charge in [-0.25, -0.2) is 10.2 Å². The lowest BCUT2D eigenvalue weighted by molar-refractivity contribution is 0.614. The van der Waals surface area contributed by atoms with Crippen LogP contribution < -0.4 is 11.3 Å². The SMILES string of the molecule is NNC(Cc1ccccc1F)=NC1CCCC1. The standard InChI is InChI=1S/C13H18FN3/c14-12-8-4-1-5-10(12)9-13(17-15)16-11-6-2-3-7-11/h1,4-5,8,11H,2-3,6-7,9,15H2,(H,16,17). The first-order valence-corrected chi connectivity index (χ1v) is 6.06. The average Bonchev–Trinajstić information content (AvgIpc) is 2.84. The van der Waals surface area contributed by atoms with E-state index < -0.39 is 0 Å². The molecule has 1 aliphatic rings. The molecule has 1 aromatic carbocycles. The van der Waals surface area contributed by atoms with E-state index in [1.807, 2.05) is 6.07 Å². The fraction of sp³-hybridized carbons (Fsp3) is 0.462. The Hall–Kier alpha value is -1.42. The zero-order chi connectivity index (χ0) is 12.1. The molecule has 3 N–H and O–H groups in total. The Morgan fingerprint density at radius 3 is 2.71 bits per heavy atom. The summed E-state index contributed by atoms with van der Waals surface area (Å²) < 4.78 is 13.5. The second kappa shape index (κ2) is 5.77. The third kappa shape index (κ3) is 3.27. The molecule has 0 aliphatic heterocycles. The van der Waals surface area contributed by atoms with Gasteiger partial charge in [0, 0.05) is 6.42 Å². The molecule has 17 heavy (non-hydrogen) atoms. The minimum atomic E-state index is -0.207. The van der Waals surface area contributed by atoms with Crippen molar-refractivity contribution in [1.29, 1.82) is 0 Å². The lowest BCUT2D eigenvalue weighted by Gasteiger charge is -2.10. The summed E-state index contributed by atoms with van der Waals surface area (Å²) in [4.78, 5) is 4.54. The average molecular weight is 235 g/mol. The molecule has 0 heterocycles. The van der Waals surface area contributed by atoms with Crippen molar-refractivity contribution < 1.29 is 4.39 Å². The molecule has 0 spiro atoms. The number of nitrogens with zero attached hydrogens (tertiary/aromatic N) is 1. The van der Waals surface area contributed by atoms with Gasteiger partial charge in [0.25, 0.3) is 0 Å². The van der Waals surface area contributed by atoms with E-state index in [-0.39, 0.29) is 5.82 Å². The monoisotopic (exact) mass is 235 g/mol. The number of aliphatic imine (C=N–C) groups is 1. The Kier molecular flexibility index (Phi) is 4.09. The Morgan fingerprint density at radius 1 is 1.35 bits per heavy atom. The third-order valence-electron chi connectivity index (χ3n) is 3.15. The first kappa shape index (κ1) is 12.0. The van der Waals surface area contributed by atoms with Crippen LogP contribution in [-0.4, -0.2) is 11.9 Å². The second-order valence-electron chi connectivity index (χ2n) is 4.43. The van der Waals surface area contributed by atoms with Gasteiger partial charge in [0.1, 0.15) is 11.7 Å². The van der Waals surface area contributed by atoms with E-state index in [0.717, 1.165) is 12.8 Å². The molecule has 1 fully saturated rings. The largest absolute Gasteiger partial charge is 0.312 e. The van der Waals surface area contributed by atoms with Gasteiger partial charge in [-0.1, -0.05) is 31.0 Å². The lowest BCUT2D eigenvalue weighted by Crippen LogP contribution is -2.33. The Bertz CT molecular complexity index is 397. The van der Waals surface area contributed by atoms with Crippen LogP contribution in [-0.2, 0) is 6.42 Å². The van der Waals surface area contributed by atoms with Crippen LogP contribution in [0.3, 0.4) is 0 Å². The third-order valence-corrected chi connectivity index (χ3v) is 3.15. The fourth-order valence-electron chi connectivity index (χ4n) is 2.21. The minimum absolute atomic E-state index is 0.207. The molecule has 1 aromatic rings. The van der Waals surface area contributed by atoms with Gasteiger partial charge in [0.15, 0.2) is 0 Å². The zero-order valence-electron chi connectivity index (χ0n) is 9.82. The number of amidine groups is 1. The van der Waals surface area contributed by atoms with Crippen LogP contribution in [0.5, 0.6) is 0 Å².